The van der Waals surface area contributed by atoms with Crippen molar-refractivity contribution in [2.24, 2.45) is 17.6 Å². The molecule has 1 saturated heterocycles. The zero-order valence-corrected chi connectivity index (χ0v) is 10.1. The second-order valence-electron chi connectivity index (χ2n) is 4.72. The van der Waals surface area contributed by atoms with E-state index in [2.05, 4.69) is 11.9 Å². The molecule has 1 atom stereocenters. The predicted octanol–water partition coefficient (Wildman–Crippen LogP) is -0.00870. The molecule has 1 heterocycles. The van der Waals surface area contributed by atoms with E-state index in [-0.39, 0.29) is 11.8 Å². The van der Waals surface area contributed by atoms with Gasteiger partial charge in [0.2, 0.25) is 5.91 Å². The molecule has 0 aromatic rings. The Labute approximate surface area is 92.4 Å². The molecule has 0 bridgehead atoms. The first-order valence-electron chi connectivity index (χ1n) is 5.66. The average Bonchev–Trinajstić information content (AvgIpc) is 2.21. The van der Waals surface area contributed by atoms with Gasteiger partial charge in [-0.15, -0.1) is 0 Å². The Hall–Kier alpha value is -0.610. The smallest absolute Gasteiger partial charge is 0.226 e. The Bertz CT molecular complexity index is 210. The molecule has 0 aromatic carbocycles. The van der Waals surface area contributed by atoms with Crippen molar-refractivity contribution < 1.29 is 4.79 Å². The molecule has 1 aliphatic rings. The van der Waals surface area contributed by atoms with Gasteiger partial charge < -0.3 is 15.5 Å². The summed E-state index contributed by atoms with van der Waals surface area (Å²) < 4.78 is 0. The van der Waals surface area contributed by atoms with Crippen LogP contribution in [0.5, 0.6) is 0 Å². The van der Waals surface area contributed by atoms with E-state index in [4.69, 9.17) is 5.73 Å². The lowest BCUT2D eigenvalue weighted by Crippen LogP contribution is -2.43. The molecule has 4 heteroatoms. The summed E-state index contributed by atoms with van der Waals surface area (Å²) in [7, 11) is 5.74. The third-order valence-corrected chi connectivity index (χ3v) is 3.34. The normalized spacial score (nSPS) is 21.3. The molecular weight excluding hydrogens is 190 g/mol. The van der Waals surface area contributed by atoms with Gasteiger partial charge in [-0.3, -0.25) is 4.79 Å². The Morgan fingerprint density at radius 2 is 2.00 bits per heavy atom. The number of carbonyl (C=O) groups is 1. The SMILES string of the molecule is CN1CCC(C(CN)C(=O)N(C)C)CC1. The number of hydrogen-bond acceptors (Lipinski definition) is 3. The van der Waals surface area contributed by atoms with Crippen LogP contribution in [0.2, 0.25) is 0 Å². The molecule has 0 radical (unpaired) electrons. The van der Waals surface area contributed by atoms with Crippen molar-refractivity contribution in [3.63, 3.8) is 0 Å². The highest BCUT2D eigenvalue weighted by Gasteiger charge is 2.30. The number of likely N-dealkylation sites (tertiary alicyclic amines) is 1. The second kappa shape index (κ2) is 5.47. The van der Waals surface area contributed by atoms with Crippen LogP contribution in [-0.2, 0) is 4.79 Å². The summed E-state index contributed by atoms with van der Waals surface area (Å²) in [5, 5.41) is 0. The summed E-state index contributed by atoms with van der Waals surface area (Å²) in [6, 6.07) is 0. The first-order chi connectivity index (χ1) is 7.06. The van der Waals surface area contributed by atoms with E-state index >= 15 is 0 Å². The van der Waals surface area contributed by atoms with Crippen molar-refractivity contribution >= 4 is 5.91 Å². The number of piperidine rings is 1. The number of nitrogens with zero attached hydrogens (tertiary/aromatic N) is 2. The molecule has 0 spiro atoms. The van der Waals surface area contributed by atoms with Gasteiger partial charge in [0.15, 0.2) is 0 Å². The Morgan fingerprint density at radius 3 is 2.40 bits per heavy atom. The van der Waals surface area contributed by atoms with E-state index in [1.807, 2.05) is 0 Å². The number of rotatable bonds is 3. The standard InChI is InChI=1S/C11H23N3O/c1-13(2)11(15)10(8-12)9-4-6-14(3)7-5-9/h9-10H,4-8,12H2,1-3H3. The molecule has 15 heavy (non-hydrogen) atoms. The number of hydrogen-bond donors (Lipinski definition) is 1. The molecule has 2 N–H and O–H groups in total. The van der Waals surface area contributed by atoms with Crippen molar-refractivity contribution in [2.75, 3.05) is 40.8 Å². The van der Waals surface area contributed by atoms with Gasteiger partial charge in [-0.05, 0) is 38.9 Å². The maximum absolute atomic E-state index is 11.9. The first-order valence-corrected chi connectivity index (χ1v) is 5.66. The zero-order chi connectivity index (χ0) is 11.4. The fourth-order valence-electron chi connectivity index (χ4n) is 2.26. The second-order valence-corrected chi connectivity index (χ2v) is 4.72. The highest BCUT2D eigenvalue weighted by Crippen LogP contribution is 2.24. The van der Waals surface area contributed by atoms with Crippen LogP contribution in [0.15, 0.2) is 0 Å². The van der Waals surface area contributed by atoms with Gasteiger partial charge in [0.05, 0.1) is 5.92 Å². The molecule has 1 rings (SSSR count). The summed E-state index contributed by atoms with van der Waals surface area (Å²) in [4.78, 5) is 15.9. The molecule has 0 saturated carbocycles. The average molecular weight is 213 g/mol. The highest BCUT2D eigenvalue weighted by atomic mass is 16.2. The molecule has 1 fully saturated rings. The largest absolute Gasteiger partial charge is 0.349 e. The van der Waals surface area contributed by atoms with Crippen LogP contribution < -0.4 is 5.73 Å². The fourth-order valence-corrected chi connectivity index (χ4v) is 2.26. The Kier molecular flexibility index (Phi) is 4.54. The summed E-state index contributed by atoms with van der Waals surface area (Å²) in [6.45, 7) is 2.65. The van der Waals surface area contributed by atoms with E-state index in [0.29, 0.717) is 12.5 Å². The minimum atomic E-state index is 0.0219. The van der Waals surface area contributed by atoms with Gasteiger partial charge in [0.25, 0.3) is 0 Å². The molecule has 0 aromatic heterocycles. The third kappa shape index (κ3) is 3.18. The van der Waals surface area contributed by atoms with Crippen molar-refractivity contribution in [1.29, 1.82) is 0 Å². The maximum Gasteiger partial charge on any atom is 0.226 e. The summed E-state index contributed by atoms with van der Waals surface area (Å²) in [5.74, 6) is 0.682. The van der Waals surface area contributed by atoms with Crippen LogP contribution in [0.4, 0.5) is 0 Å². The molecule has 1 unspecified atom stereocenters. The van der Waals surface area contributed by atoms with E-state index in [9.17, 15) is 4.79 Å². The van der Waals surface area contributed by atoms with Gasteiger partial charge in [-0.25, -0.2) is 0 Å². The van der Waals surface area contributed by atoms with Crippen molar-refractivity contribution in [3.8, 4) is 0 Å². The molecule has 1 amide bonds. The lowest BCUT2D eigenvalue weighted by molar-refractivity contribution is -0.135. The predicted molar refractivity (Wildman–Crippen MR) is 61.5 cm³/mol. The van der Waals surface area contributed by atoms with Crippen molar-refractivity contribution in [3.05, 3.63) is 0 Å². The maximum atomic E-state index is 11.9. The highest BCUT2D eigenvalue weighted by molar-refractivity contribution is 5.78. The minimum Gasteiger partial charge on any atom is -0.349 e. The van der Waals surface area contributed by atoms with Crippen LogP contribution in [0.1, 0.15) is 12.8 Å². The van der Waals surface area contributed by atoms with Gasteiger partial charge in [-0.1, -0.05) is 0 Å². The van der Waals surface area contributed by atoms with Crippen LogP contribution in [0.25, 0.3) is 0 Å². The molecule has 88 valence electrons. The van der Waals surface area contributed by atoms with E-state index in [0.717, 1.165) is 25.9 Å². The van der Waals surface area contributed by atoms with Gasteiger partial charge in [0, 0.05) is 20.6 Å². The van der Waals surface area contributed by atoms with Crippen molar-refractivity contribution in [2.45, 2.75) is 12.8 Å². The summed E-state index contributed by atoms with van der Waals surface area (Å²) >= 11 is 0. The lowest BCUT2D eigenvalue weighted by Gasteiger charge is -2.34. The number of nitrogens with two attached hydrogens (primary N) is 1. The summed E-state index contributed by atoms with van der Waals surface area (Å²) in [6.07, 6.45) is 2.19. The van der Waals surface area contributed by atoms with Gasteiger partial charge in [-0.2, -0.15) is 0 Å². The van der Waals surface area contributed by atoms with E-state index in [1.54, 1.807) is 19.0 Å². The molecule has 0 aliphatic carbocycles. The molecule has 1 aliphatic heterocycles. The van der Waals surface area contributed by atoms with E-state index in [1.165, 1.54) is 0 Å². The van der Waals surface area contributed by atoms with Gasteiger partial charge in [0.1, 0.15) is 0 Å². The van der Waals surface area contributed by atoms with Crippen LogP contribution in [-0.4, -0.2) is 56.5 Å². The fraction of sp³-hybridized carbons (Fsp3) is 0.909. The van der Waals surface area contributed by atoms with Crippen LogP contribution in [0.3, 0.4) is 0 Å². The molecule has 4 nitrogen and oxygen atoms in total. The summed E-state index contributed by atoms with van der Waals surface area (Å²) in [5.41, 5.74) is 5.72. The monoisotopic (exact) mass is 213 g/mol. The first kappa shape index (κ1) is 12.5. The topological polar surface area (TPSA) is 49.6 Å². The van der Waals surface area contributed by atoms with Crippen LogP contribution in [0, 0.1) is 11.8 Å². The third-order valence-electron chi connectivity index (χ3n) is 3.34. The zero-order valence-electron chi connectivity index (χ0n) is 10.1. The van der Waals surface area contributed by atoms with E-state index < -0.39 is 0 Å². The lowest BCUT2D eigenvalue weighted by atomic mass is 9.83. The number of amides is 1. The van der Waals surface area contributed by atoms with Gasteiger partial charge >= 0.3 is 0 Å². The Morgan fingerprint density at radius 1 is 1.47 bits per heavy atom. The number of carbonyl (C=O) groups excluding carboxylic acids is 1. The Balaban J connectivity index is 2.55. The molecular formula is C11H23N3O. The van der Waals surface area contributed by atoms with Crippen molar-refractivity contribution in [1.82, 2.24) is 9.80 Å². The van der Waals surface area contributed by atoms with Crippen LogP contribution >= 0.6 is 0 Å². The minimum absolute atomic E-state index is 0.0219. The quantitative estimate of drug-likeness (QED) is 0.717.